The molecule has 0 aromatic heterocycles. The number of rotatable bonds is 2. The molecule has 0 amide bonds. The quantitative estimate of drug-likeness (QED) is 0.147. The maximum Gasteiger partial charge on any atom is 0.138 e. The summed E-state index contributed by atoms with van der Waals surface area (Å²) < 4.78 is 0. The summed E-state index contributed by atoms with van der Waals surface area (Å²) >= 11 is 0. The molecule has 0 saturated heterocycles. The molecule has 6 aromatic rings. The number of benzene rings is 6. The molecule has 0 radical (unpaired) electrons. The van der Waals surface area contributed by atoms with Gasteiger partial charge in [0.2, 0.25) is 0 Å². The molecule has 6 rings (SSSR count). The predicted molar refractivity (Wildman–Crippen MR) is 145 cm³/mol. The highest BCUT2D eigenvalue weighted by molar-refractivity contribution is 6.13. The van der Waals surface area contributed by atoms with E-state index >= 15 is 0 Å². The van der Waals surface area contributed by atoms with Crippen LogP contribution in [-0.4, -0.2) is 30.6 Å². The van der Waals surface area contributed by atoms with Gasteiger partial charge in [-0.05, 0) is 69.1 Å². The van der Waals surface area contributed by atoms with Crippen LogP contribution < -0.4 is 0 Å². The standard InChI is InChI=1S/C31H24O6/c1-31(2,19-9-11-23(34)27-17(19)13-15-5-3-7-21(32)25(15)29(27)36)20-10-12-24(35)28-18(20)14-16-6-4-8-22(33)26(16)30(28)37/h3-14,32-37H,1-2H3. The Hall–Kier alpha value is -4.84. The lowest BCUT2D eigenvalue weighted by molar-refractivity contribution is 0.458. The molecule has 184 valence electrons. The number of hydrogen-bond acceptors (Lipinski definition) is 6. The van der Waals surface area contributed by atoms with Crippen molar-refractivity contribution in [2.45, 2.75) is 19.3 Å². The Morgan fingerprint density at radius 2 is 0.838 bits per heavy atom. The number of aromatic hydroxyl groups is 6. The minimum Gasteiger partial charge on any atom is -0.507 e. The van der Waals surface area contributed by atoms with E-state index in [9.17, 15) is 30.6 Å². The molecular weight excluding hydrogens is 468 g/mol. The molecule has 0 bridgehead atoms. The molecule has 6 N–H and O–H groups in total. The maximum absolute atomic E-state index is 11.1. The average molecular weight is 493 g/mol. The smallest absolute Gasteiger partial charge is 0.138 e. The summed E-state index contributed by atoms with van der Waals surface area (Å²) in [7, 11) is 0. The molecule has 0 spiro atoms. The minimum atomic E-state index is -0.744. The lowest BCUT2D eigenvalue weighted by atomic mass is 9.73. The van der Waals surface area contributed by atoms with Gasteiger partial charge in [0.15, 0.2) is 0 Å². The third kappa shape index (κ3) is 3.05. The van der Waals surface area contributed by atoms with E-state index in [0.717, 1.165) is 11.1 Å². The van der Waals surface area contributed by atoms with Crippen LogP contribution in [0.4, 0.5) is 0 Å². The van der Waals surface area contributed by atoms with Gasteiger partial charge in [-0.2, -0.15) is 0 Å². The SMILES string of the molecule is CC(C)(c1ccc(O)c2c(O)c3c(O)cccc3cc12)c1ccc(O)c2c(O)c3c(O)cccc3cc12. The molecule has 0 aliphatic carbocycles. The number of phenolic OH excluding ortho intramolecular Hbond substituents is 6. The Kier molecular flexibility index (Phi) is 4.63. The van der Waals surface area contributed by atoms with Crippen LogP contribution in [0.25, 0.3) is 43.1 Å². The Balaban J connectivity index is 1.72. The van der Waals surface area contributed by atoms with Crippen molar-refractivity contribution >= 4 is 43.1 Å². The summed E-state index contributed by atoms with van der Waals surface area (Å²) in [4.78, 5) is 0. The van der Waals surface area contributed by atoms with Crippen LogP contribution in [0.15, 0.2) is 72.8 Å². The van der Waals surface area contributed by atoms with Crippen molar-refractivity contribution < 1.29 is 30.6 Å². The Morgan fingerprint density at radius 1 is 0.459 bits per heavy atom. The zero-order valence-electron chi connectivity index (χ0n) is 20.1. The van der Waals surface area contributed by atoms with Crippen LogP contribution in [0.2, 0.25) is 0 Å². The largest absolute Gasteiger partial charge is 0.507 e. The van der Waals surface area contributed by atoms with Crippen LogP contribution in [0.1, 0.15) is 25.0 Å². The van der Waals surface area contributed by atoms with Crippen molar-refractivity contribution in [3.8, 4) is 34.5 Å². The van der Waals surface area contributed by atoms with E-state index in [-0.39, 0.29) is 56.0 Å². The van der Waals surface area contributed by atoms with E-state index in [0.29, 0.717) is 21.5 Å². The normalized spacial score (nSPS) is 12.2. The van der Waals surface area contributed by atoms with Gasteiger partial charge in [0, 0.05) is 5.41 Å². The summed E-state index contributed by atoms with van der Waals surface area (Å²) in [5.41, 5.74) is 0.817. The first-order valence-electron chi connectivity index (χ1n) is 11.8. The molecule has 0 fully saturated rings. The van der Waals surface area contributed by atoms with Crippen molar-refractivity contribution in [2.75, 3.05) is 0 Å². The third-order valence-corrected chi connectivity index (χ3v) is 7.49. The highest BCUT2D eigenvalue weighted by atomic mass is 16.3. The van der Waals surface area contributed by atoms with E-state index in [1.165, 1.54) is 24.3 Å². The van der Waals surface area contributed by atoms with Crippen LogP contribution in [0, 0.1) is 0 Å². The van der Waals surface area contributed by atoms with Crippen molar-refractivity contribution in [2.24, 2.45) is 0 Å². The van der Waals surface area contributed by atoms with Crippen LogP contribution in [0.3, 0.4) is 0 Å². The molecular formula is C31H24O6. The minimum absolute atomic E-state index is 0.0869. The lowest BCUT2D eigenvalue weighted by Gasteiger charge is -2.30. The van der Waals surface area contributed by atoms with Crippen LogP contribution >= 0.6 is 0 Å². The monoisotopic (exact) mass is 492 g/mol. The summed E-state index contributed by atoms with van der Waals surface area (Å²) in [5.74, 6) is -0.836. The van der Waals surface area contributed by atoms with Gasteiger partial charge < -0.3 is 30.6 Å². The van der Waals surface area contributed by atoms with E-state index in [4.69, 9.17) is 0 Å². The fraction of sp³-hybridized carbons (Fsp3) is 0.0968. The summed E-state index contributed by atoms with van der Waals surface area (Å²) in [6.45, 7) is 3.97. The summed E-state index contributed by atoms with van der Waals surface area (Å²) in [5, 5.41) is 67.8. The fourth-order valence-corrected chi connectivity index (χ4v) is 5.68. The highest BCUT2D eigenvalue weighted by Crippen LogP contribution is 2.50. The van der Waals surface area contributed by atoms with Gasteiger partial charge in [-0.3, -0.25) is 0 Å². The number of fused-ring (bicyclic) bond motifs is 4. The first-order valence-corrected chi connectivity index (χ1v) is 11.8. The van der Waals surface area contributed by atoms with Gasteiger partial charge in [0.1, 0.15) is 34.5 Å². The predicted octanol–water partition coefficient (Wildman–Crippen LogP) is 6.86. The van der Waals surface area contributed by atoms with Gasteiger partial charge in [-0.15, -0.1) is 0 Å². The molecule has 0 atom stereocenters. The third-order valence-electron chi connectivity index (χ3n) is 7.49. The molecule has 0 aliphatic heterocycles. The van der Waals surface area contributed by atoms with Crippen LogP contribution in [-0.2, 0) is 5.41 Å². The van der Waals surface area contributed by atoms with Crippen molar-refractivity contribution in [1.82, 2.24) is 0 Å². The number of hydrogen-bond donors (Lipinski definition) is 6. The molecule has 0 aliphatic rings. The molecule has 37 heavy (non-hydrogen) atoms. The first-order chi connectivity index (χ1) is 17.6. The van der Waals surface area contributed by atoms with Crippen LogP contribution in [0.5, 0.6) is 34.5 Å². The fourth-order valence-electron chi connectivity index (χ4n) is 5.68. The van der Waals surface area contributed by atoms with Gasteiger partial charge in [-0.25, -0.2) is 0 Å². The van der Waals surface area contributed by atoms with Crippen molar-refractivity contribution in [3.05, 3.63) is 83.9 Å². The Labute approximate surface area is 211 Å². The van der Waals surface area contributed by atoms with E-state index < -0.39 is 5.41 Å². The molecule has 6 heteroatoms. The zero-order valence-corrected chi connectivity index (χ0v) is 20.1. The molecule has 0 saturated carbocycles. The van der Waals surface area contributed by atoms with E-state index in [1.54, 1.807) is 36.4 Å². The van der Waals surface area contributed by atoms with Crippen molar-refractivity contribution in [3.63, 3.8) is 0 Å². The second kappa shape index (κ2) is 7.58. The van der Waals surface area contributed by atoms with Gasteiger partial charge >= 0.3 is 0 Å². The number of phenols is 6. The topological polar surface area (TPSA) is 121 Å². The van der Waals surface area contributed by atoms with Gasteiger partial charge in [0.05, 0.1) is 21.5 Å². The second-order valence-electron chi connectivity index (χ2n) is 9.94. The van der Waals surface area contributed by atoms with Gasteiger partial charge in [-0.1, -0.05) is 50.2 Å². The second-order valence-corrected chi connectivity index (χ2v) is 9.94. The van der Waals surface area contributed by atoms with Gasteiger partial charge in [0.25, 0.3) is 0 Å². The zero-order chi connectivity index (χ0) is 26.2. The van der Waals surface area contributed by atoms with E-state index in [1.807, 2.05) is 26.0 Å². The average Bonchev–Trinajstić information content (AvgIpc) is 2.83. The Morgan fingerprint density at radius 3 is 1.24 bits per heavy atom. The summed E-state index contributed by atoms with van der Waals surface area (Å²) in [6.07, 6.45) is 0. The molecule has 0 unspecified atom stereocenters. The lowest BCUT2D eigenvalue weighted by Crippen LogP contribution is -2.20. The van der Waals surface area contributed by atoms with Crippen molar-refractivity contribution in [1.29, 1.82) is 0 Å². The highest BCUT2D eigenvalue weighted by Gasteiger charge is 2.30. The maximum atomic E-state index is 11.1. The Bertz CT molecular complexity index is 1780. The first kappa shape index (κ1) is 22.6. The van der Waals surface area contributed by atoms with E-state index in [2.05, 4.69) is 0 Å². The molecule has 0 heterocycles. The summed E-state index contributed by atoms with van der Waals surface area (Å²) in [6, 6.07) is 20.2. The molecule has 6 aromatic carbocycles. The molecule has 6 nitrogen and oxygen atoms in total.